The number of halogens is 1. The summed E-state index contributed by atoms with van der Waals surface area (Å²) in [6.07, 6.45) is 3.55. The Bertz CT molecular complexity index is 854. The van der Waals surface area contributed by atoms with Gasteiger partial charge in [0.15, 0.2) is 5.82 Å². The molecule has 0 aliphatic carbocycles. The Morgan fingerprint density at radius 2 is 2.00 bits per heavy atom. The summed E-state index contributed by atoms with van der Waals surface area (Å²) in [4.78, 5) is 33.2. The minimum Gasteiger partial charge on any atom is -0.294 e. The second-order valence-corrected chi connectivity index (χ2v) is 6.06. The predicted molar refractivity (Wildman–Crippen MR) is 97.1 cm³/mol. The summed E-state index contributed by atoms with van der Waals surface area (Å²) < 4.78 is 0.879. The molecular weight excluding hydrogens is 419 g/mol. The lowest BCUT2D eigenvalue weighted by molar-refractivity contribution is -0.115. The number of pyridine rings is 2. The molecule has 3 heterocycles. The molecule has 3 aromatic rings. The zero-order valence-corrected chi connectivity index (χ0v) is 14.9. The number of hydrogen-bond donors (Lipinski definition) is 1. The number of hydrogen-bond acceptors (Lipinski definition) is 6. The van der Waals surface area contributed by atoms with Crippen molar-refractivity contribution >= 4 is 34.4 Å². The third-order valence-electron chi connectivity index (χ3n) is 3.05. The molecule has 0 saturated carbocycles. The van der Waals surface area contributed by atoms with Crippen molar-refractivity contribution < 1.29 is 4.79 Å². The third kappa shape index (κ3) is 4.28. The Balaban J connectivity index is 1.76. The van der Waals surface area contributed by atoms with Gasteiger partial charge >= 0.3 is 0 Å². The first-order valence-corrected chi connectivity index (χ1v) is 8.22. The van der Waals surface area contributed by atoms with E-state index in [2.05, 4.69) is 52.8 Å². The fraction of sp³-hybridized carbons (Fsp3) is 0.125. The lowest BCUT2D eigenvalue weighted by atomic mass is 10.2. The quantitative estimate of drug-likeness (QED) is 0.503. The summed E-state index contributed by atoms with van der Waals surface area (Å²) in [5.41, 5.74) is 1.45. The van der Waals surface area contributed by atoms with Gasteiger partial charge in [-0.2, -0.15) is 9.97 Å². The smallest absolute Gasteiger partial charge is 0.233 e. The van der Waals surface area contributed by atoms with Gasteiger partial charge < -0.3 is 0 Å². The second kappa shape index (κ2) is 7.39. The van der Waals surface area contributed by atoms with Gasteiger partial charge in [0.25, 0.3) is 0 Å². The van der Waals surface area contributed by atoms with Crippen molar-refractivity contribution in [2.45, 2.75) is 13.3 Å². The Morgan fingerprint density at radius 3 is 2.71 bits per heavy atom. The van der Waals surface area contributed by atoms with E-state index >= 15 is 0 Å². The summed E-state index contributed by atoms with van der Waals surface area (Å²) in [5.74, 6) is 0.938. The lowest BCUT2D eigenvalue weighted by Crippen LogP contribution is -2.17. The van der Waals surface area contributed by atoms with E-state index in [1.165, 1.54) is 0 Å². The molecular formula is C16H13IN6O. The van der Waals surface area contributed by atoms with Gasteiger partial charge in [-0.1, -0.05) is 12.1 Å². The van der Waals surface area contributed by atoms with Crippen LogP contribution in [0.25, 0.3) is 11.5 Å². The third-order valence-corrected chi connectivity index (χ3v) is 3.68. The summed E-state index contributed by atoms with van der Waals surface area (Å²) >= 11 is 2.12. The number of amides is 1. The first-order chi connectivity index (χ1) is 11.6. The van der Waals surface area contributed by atoms with Crippen LogP contribution < -0.4 is 5.32 Å². The normalized spacial score (nSPS) is 10.4. The number of nitrogens with zero attached hydrogens (tertiary/aromatic N) is 5. The number of aryl methyl sites for hydroxylation is 1. The molecule has 0 spiro atoms. The minimum atomic E-state index is -0.212. The molecule has 0 atom stereocenters. The fourth-order valence-corrected chi connectivity index (χ4v) is 2.33. The maximum atomic E-state index is 12.2. The minimum absolute atomic E-state index is 0.202. The molecule has 0 aromatic carbocycles. The van der Waals surface area contributed by atoms with Crippen molar-refractivity contribution in [3.05, 3.63) is 57.8 Å². The molecule has 0 bridgehead atoms. The van der Waals surface area contributed by atoms with E-state index in [9.17, 15) is 4.79 Å². The molecule has 8 heteroatoms. The van der Waals surface area contributed by atoms with E-state index in [1.807, 2.05) is 24.3 Å². The van der Waals surface area contributed by atoms with Crippen LogP contribution in [0, 0.1) is 10.6 Å². The molecule has 120 valence electrons. The van der Waals surface area contributed by atoms with Crippen molar-refractivity contribution in [1.29, 1.82) is 0 Å². The first kappa shape index (κ1) is 16.4. The number of carbonyl (C=O) groups excluding carboxylic acids is 1. The van der Waals surface area contributed by atoms with Gasteiger partial charge in [0.1, 0.15) is 15.2 Å². The van der Waals surface area contributed by atoms with E-state index in [-0.39, 0.29) is 18.3 Å². The topological polar surface area (TPSA) is 93.6 Å². The van der Waals surface area contributed by atoms with Crippen molar-refractivity contribution in [2.24, 2.45) is 0 Å². The molecule has 0 aliphatic heterocycles. The molecule has 3 aromatic heterocycles. The molecule has 0 aliphatic rings. The molecule has 1 N–H and O–H groups in total. The maximum absolute atomic E-state index is 12.2. The highest BCUT2D eigenvalue weighted by molar-refractivity contribution is 14.1. The molecule has 0 radical (unpaired) electrons. The molecule has 0 fully saturated rings. The highest BCUT2D eigenvalue weighted by Crippen LogP contribution is 2.13. The monoisotopic (exact) mass is 432 g/mol. The van der Waals surface area contributed by atoms with Crippen LogP contribution >= 0.6 is 22.6 Å². The molecule has 0 unspecified atom stereocenters. The van der Waals surface area contributed by atoms with E-state index in [1.54, 1.807) is 25.4 Å². The molecule has 1 amide bonds. The van der Waals surface area contributed by atoms with Gasteiger partial charge in [0, 0.05) is 12.4 Å². The van der Waals surface area contributed by atoms with E-state index in [0.29, 0.717) is 17.3 Å². The van der Waals surface area contributed by atoms with Gasteiger partial charge in [0.05, 0.1) is 6.42 Å². The molecule has 7 nitrogen and oxygen atoms in total. The number of anilines is 1. The number of aromatic nitrogens is 5. The summed E-state index contributed by atoms with van der Waals surface area (Å²) in [7, 11) is 0. The molecule has 24 heavy (non-hydrogen) atoms. The van der Waals surface area contributed by atoms with Gasteiger partial charge in [-0.25, -0.2) is 4.98 Å². The van der Waals surface area contributed by atoms with Crippen LogP contribution in [0.15, 0.2) is 42.7 Å². The first-order valence-electron chi connectivity index (χ1n) is 7.14. The number of rotatable bonds is 4. The Hall–Kier alpha value is -2.49. The summed E-state index contributed by atoms with van der Waals surface area (Å²) in [6.45, 7) is 1.74. The SMILES string of the molecule is Cc1nc(NC(=O)Cc2ccc(I)nc2)nc(-c2ccccn2)n1. The maximum Gasteiger partial charge on any atom is 0.233 e. The largest absolute Gasteiger partial charge is 0.294 e. The zero-order valence-electron chi connectivity index (χ0n) is 12.8. The van der Waals surface area contributed by atoms with E-state index < -0.39 is 0 Å². The van der Waals surface area contributed by atoms with Crippen LogP contribution in [-0.2, 0) is 11.2 Å². The standard InChI is InChI=1S/C16H13IN6O/c1-10-20-15(12-4-2-3-7-18-12)23-16(21-10)22-14(24)8-11-5-6-13(17)19-9-11/h2-7,9H,8H2,1H3,(H,20,21,22,23,24). The highest BCUT2D eigenvalue weighted by Gasteiger charge is 2.10. The van der Waals surface area contributed by atoms with Gasteiger partial charge in [0.2, 0.25) is 11.9 Å². The van der Waals surface area contributed by atoms with Crippen molar-refractivity contribution in [1.82, 2.24) is 24.9 Å². The van der Waals surface area contributed by atoms with E-state index in [0.717, 1.165) is 9.26 Å². The predicted octanol–water partition coefficient (Wildman–Crippen LogP) is 2.42. The van der Waals surface area contributed by atoms with Crippen molar-refractivity contribution in [3.8, 4) is 11.5 Å². The van der Waals surface area contributed by atoms with Crippen LogP contribution in [0.4, 0.5) is 5.95 Å². The van der Waals surface area contributed by atoms with Crippen LogP contribution in [0.3, 0.4) is 0 Å². The van der Waals surface area contributed by atoms with Crippen LogP contribution in [0.1, 0.15) is 11.4 Å². The molecule has 3 rings (SSSR count). The molecule has 0 saturated heterocycles. The van der Waals surface area contributed by atoms with Gasteiger partial charge in [-0.05, 0) is 53.3 Å². The average Bonchev–Trinajstić information content (AvgIpc) is 2.57. The average molecular weight is 432 g/mol. The van der Waals surface area contributed by atoms with Crippen LogP contribution in [0.2, 0.25) is 0 Å². The van der Waals surface area contributed by atoms with Crippen molar-refractivity contribution in [2.75, 3.05) is 5.32 Å². The Labute approximate surface area is 152 Å². The van der Waals surface area contributed by atoms with Gasteiger partial charge in [-0.3, -0.25) is 20.1 Å². The Morgan fingerprint density at radius 1 is 1.12 bits per heavy atom. The van der Waals surface area contributed by atoms with Gasteiger partial charge in [-0.15, -0.1) is 0 Å². The highest BCUT2D eigenvalue weighted by atomic mass is 127. The number of nitrogens with one attached hydrogen (secondary N) is 1. The second-order valence-electron chi connectivity index (χ2n) is 4.96. The fourth-order valence-electron chi connectivity index (χ4n) is 2.01. The van der Waals surface area contributed by atoms with Crippen LogP contribution in [0.5, 0.6) is 0 Å². The van der Waals surface area contributed by atoms with E-state index in [4.69, 9.17) is 0 Å². The zero-order chi connectivity index (χ0) is 16.9. The van der Waals surface area contributed by atoms with Crippen LogP contribution in [-0.4, -0.2) is 30.8 Å². The summed E-state index contributed by atoms with van der Waals surface area (Å²) in [5, 5.41) is 2.70. The summed E-state index contributed by atoms with van der Waals surface area (Å²) in [6, 6.07) is 9.19. The van der Waals surface area contributed by atoms with Crippen molar-refractivity contribution in [3.63, 3.8) is 0 Å². The number of carbonyl (C=O) groups is 1. The Kier molecular flexibility index (Phi) is 5.04. The lowest BCUT2D eigenvalue weighted by Gasteiger charge is -2.06.